The van der Waals surface area contributed by atoms with Gasteiger partial charge >= 0.3 is 0 Å². The van der Waals surface area contributed by atoms with Crippen LogP contribution in [-0.4, -0.2) is 24.2 Å². The van der Waals surface area contributed by atoms with E-state index in [2.05, 4.69) is 11.2 Å². The quantitative estimate of drug-likeness (QED) is 0.768. The van der Waals surface area contributed by atoms with Crippen molar-refractivity contribution in [1.82, 2.24) is 5.32 Å². The van der Waals surface area contributed by atoms with Crippen LogP contribution in [0, 0.1) is 19.3 Å². The van der Waals surface area contributed by atoms with Gasteiger partial charge in [-0.05, 0) is 37.1 Å². The molecule has 0 spiro atoms. The van der Waals surface area contributed by atoms with Gasteiger partial charge in [0.25, 0.3) is 5.91 Å². The molecule has 0 bridgehead atoms. The van der Waals surface area contributed by atoms with E-state index in [-0.39, 0.29) is 19.1 Å². The highest BCUT2D eigenvalue weighted by Gasteiger charge is 2.07. The van der Waals surface area contributed by atoms with Crippen LogP contribution in [0.2, 0.25) is 0 Å². The summed E-state index contributed by atoms with van der Waals surface area (Å²) in [6, 6.07) is 5.34. The molecular weight excluding hydrogens is 230 g/mol. The lowest BCUT2D eigenvalue weighted by Crippen LogP contribution is -2.29. The second kappa shape index (κ2) is 6.67. The standard InChI is InChI=1S/C14H17NO3/c1-4-7-15-14(17)9-18-13-6-5-12(11(3)16)8-10(13)2/h1,5-6,8,11,16H,7,9H2,2-3H3,(H,15,17)/t11-/m1/s1. The minimum absolute atomic E-state index is 0.0729. The second-order valence-corrected chi connectivity index (χ2v) is 3.97. The van der Waals surface area contributed by atoms with Gasteiger partial charge in [-0.3, -0.25) is 4.79 Å². The predicted molar refractivity (Wildman–Crippen MR) is 69.2 cm³/mol. The van der Waals surface area contributed by atoms with Crippen molar-refractivity contribution in [3.8, 4) is 18.1 Å². The number of hydrogen-bond donors (Lipinski definition) is 2. The molecule has 0 aromatic heterocycles. The molecular formula is C14H17NO3. The molecule has 0 aliphatic heterocycles. The molecule has 0 saturated carbocycles. The Morgan fingerprint density at radius 2 is 2.33 bits per heavy atom. The first kappa shape index (κ1) is 14.1. The highest BCUT2D eigenvalue weighted by atomic mass is 16.5. The number of terminal acetylenes is 1. The summed E-state index contributed by atoms with van der Waals surface area (Å²) in [5.41, 5.74) is 1.69. The van der Waals surface area contributed by atoms with E-state index >= 15 is 0 Å². The van der Waals surface area contributed by atoms with Gasteiger partial charge in [-0.2, -0.15) is 0 Å². The molecule has 1 aromatic carbocycles. The van der Waals surface area contributed by atoms with Gasteiger partial charge in [-0.15, -0.1) is 6.42 Å². The van der Waals surface area contributed by atoms with E-state index in [4.69, 9.17) is 11.2 Å². The summed E-state index contributed by atoms with van der Waals surface area (Å²) in [6.45, 7) is 3.68. The number of ether oxygens (including phenoxy) is 1. The fourth-order valence-electron chi connectivity index (χ4n) is 1.44. The number of aliphatic hydroxyl groups is 1. The molecule has 0 fully saturated rings. The minimum Gasteiger partial charge on any atom is -0.484 e. The maximum atomic E-state index is 11.3. The van der Waals surface area contributed by atoms with Crippen molar-refractivity contribution in [2.45, 2.75) is 20.0 Å². The van der Waals surface area contributed by atoms with Gasteiger partial charge in [0.15, 0.2) is 6.61 Å². The van der Waals surface area contributed by atoms with Crippen LogP contribution in [0.1, 0.15) is 24.2 Å². The normalized spacial score (nSPS) is 11.4. The molecule has 2 N–H and O–H groups in total. The zero-order chi connectivity index (χ0) is 13.5. The number of benzene rings is 1. The Hall–Kier alpha value is -1.99. The van der Waals surface area contributed by atoms with Crippen LogP contribution < -0.4 is 10.1 Å². The monoisotopic (exact) mass is 247 g/mol. The molecule has 0 heterocycles. The number of aryl methyl sites for hydroxylation is 1. The molecule has 0 unspecified atom stereocenters. The van der Waals surface area contributed by atoms with Crippen molar-refractivity contribution < 1.29 is 14.6 Å². The summed E-state index contributed by atoms with van der Waals surface area (Å²) in [5, 5.41) is 11.9. The van der Waals surface area contributed by atoms with E-state index in [9.17, 15) is 9.90 Å². The zero-order valence-electron chi connectivity index (χ0n) is 10.6. The number of rotatable bonds is 5. The highest BCUT2D eigenvalue weighted by Crippen LogP contribution is 2.22. The summed E-state index contributed by atoms with van der Waals surface area (Å²) in [6.07, 6.45) is 4.51. The third-order valence-electron chi connectivity index (χ3n) is 2.43. The van der Waals surface area contributed by atoms with Crippen LogP contribution in [0.15, 0.2) is 18.2 Å². The summed E-state index contributed by atoms with van der Waals surface area (Å²) < 4.78 is 5.37. The van der Waals surface area contributed by atoms with Gasteiger partial charge in [-0.1, -0.05) is 12.0 Å². The second-order valence-electron chi connectivity index (χ2n) is 3.97. The molecule has 96 valence electrons. The van der Waals surface area contributed by atoms with Crippen molar-refractivity contribution in [3.05, 3.63) is 29.3 Å². The number of hydrogen-bond acceptors (Lipinski definition) is 3. The highest BCUT2D eigenvalue weighted by molar-refractivity contribution is 5.77. The first-order chi connectivity index (χ1) is 8.54. The Labute approximate surface area is 107 Å². The molecule has 4 heteroatoms. The fraction of sp³-hybridized carbons (Fsp3) is 0.357. The molecule has 0 aliphatic carbocycles. The Balaban J connectivity index is 2.58. The van der Waals surface area contributed by atoms with Crippen LogP contribution in [0.5, 0.6) is 5.75 Å². The molecule has 4 nitrogen and oxygen atoms in total. The number of aliphatic hydroxyl groups excluding tert-OH is 1. The van der Waals surface area contributed by atoms with Gasteiger partial charge in [-0.25, -0.2) is 0 Å². The minimum atomic E-state index is -0.517. The van der Waals surface area contributed by atoms with Crippen molar-refractivity contribution in [3.63, 3.8) is 0 Å². The van der Waals surface area contributed by atoms with Crippen LogP contribution in [0.4, 0.5) is 0 Å². The lowest BCUT2D eigenvalue weighted by molar-refractivity contribution is -0.122. The Kier molecular flexibility index (Phi) is 5.22. The first-order valence-electron chi connectivity index (χ1n) is 5.66. The molecule has 0 radical (unpaired) electrons. The Morgan fingerprint density at radius 1 is 1.61 bits per heavy atom. The Bertz CT molecular complexity index is 461. The van der Waals surface area contributed by atoms with Gasteiger partial charge in [0.1, 0.15) is 5.75 Å². The summed E-state index contributed by atoms with van der Waals surface area (Å²) in [4.78, 5) is 11.3. The van der Waals surface area contributed by atoms with Gasteiger partial charge in [0, 0.05) is 0 Å². The summed E-state index contributed by atoms with van der Waals surface area (Å²) in [5.74, 6) is 2.68. The number of amides is 1. The van der Waals surface area contributed by atoms with Gasteiger partial charge < -0.3 is 15.2 Å². The predicted octanol–water partition coefficient (Wildman–Crippen LogP) is 1.18. The fourth-order valence-corrected chi connectivity index (χ4v) is 1.44. The van der Waals surface area contributed by atoms with E-state index < -0.39 is 6.10 Å². The van der Waals surface area contributed by atoms with E-state index in [0.29, 0.717) is 5.75 Å². The van der Waals surface area contributed by atoms with Crippen LogP contribution in [0.3, 0.4) is 0 Å². The largest absolute Gasteiger partial charge is 0.484 e. The van der Waals surface area contributed by atoms with Crippen LogP contribution in [0.25, 0.3) is 0 Å². The lowest BCUT2D eigenvalue weighted by atomic mass is 10.1. The number of carbonyl (C=O) groups is 1. The lowest BCUT2D eigenvalue weighted by Gasteiger charge is -2.11. The maximum absolute atomic E-state index is 11.3. The van der Waals surface area contributed by atoms with Gasteiger partial charge in [0.05, 0.1) is 12.6 Å². The molecule has 1 aromatic rings. The van der Waals surface area contributed by atoms with E-state index in [1.807, 2.05) is 13.0 Å². The first-order valence-corrected chi connectivity index (χ1v) is 5.66. The molecule has 18 heavy (non-hydrogen) atoms. The van der Waals surface area contributed by atoms with Gasteiger partial charge in [0.2, 0.25) is 0 Å². The molecule has 1 amide bonds. The van der Waals surface area contributed by atoms with Crippen molar-refractivity contribution in [2.75, 3.05) is 13.2 Å². The van der Waals surface area contributed by atoms with Crippen molar-refractivity contribution in [2.24, 2.45) is 0 Å². The third kappa shape index (κ3) is 4.11. The van der Waals surface area contributed by atoms with E-state index in [0.717, 1.165) is 11.1 Å². The SMILES string of the molecule is C#CCNC(=O)COc1ccc([C@@H](C)O)cc1C. The van der Waals surface area contributed by atoms with Crippen molar-refractivity contribution in [1.29, 1.82) is 0 Å². The van der Waals surface area contributed by atoms with Crippen LogP contribution in [-0.2, 0) is 4.79 Å². The van der Waals surface area contributed by atoms with Crippen molar-refractivity contribution >= 4 is 5.91 Å². The number of carbonyl (C=O) groups excluding carboxylic acids is 1. The summed E-state index contributed by atoms with van der Waals surface area (Å²) in [7, 11) is 0. The molecule has 1 rings (SSSR count). The summed E-state index contributed by atoms with van der Waals surface area (Å²) >= 11 is 0. The molecule has 0 aliphatic rings. The average Bonchev–Trinajstić information content (AvgIpc) is 2.34. The van der Waals surface area contributed by atoms with Crippen LogP contribution >= 0.6 is 0 Å². The Morgan fingerprint density at radius 3 is 2.89 bits per heavy atom. The molecule has 0 saturated heterocycles. The average molecular weight is 247 g/mol. The topological polar surface area (TPSA) is 58.6 Å². The maximum Gasteiger partial charge on any atom is 0.258 e. The van der Waals surface area contributed by atoms with E-state index in [1.165, 1.54) is 0 Å². The zero-order valence-corrected chi connectivity index (χ0v) is 10.6. The number of nitrogens with one attached hydrogen (secondary N) is 1. The third-order valence-corrected chi connectivity index (χ3v) is 2.43. The molecule has 1 atom stereocenters. The smallest absolute Gasteiger partial charge is 0.258 e. The van der Waals surface area contributed by atoms with E-state index in [1.54, 1.807) is 19.1 Å².